The van der Waals surface area contributed by atoms with Crippen LogP contribution in [0, 0.1) is 12.3 Å². The van der Waals surface area contributed by atoms with Crippen molar-refractivity contribution in [1.29, 1.82) is 0 Å². The van der Waals surface area contributed by atoms with Gasteiger partial charge in [-0.1, -0.05) is 45.0 Å². The van der Waals surface area contributed by atoms with E-state index in [4.69, 9.17) is 0 Å². The SMILES string of the molecule is CC(=O)N[C@H](C(=O)N1CCC[C@H]1C(C)NCc1ccc(-c2scnc2C)cc1)C(C)(C)C. The van der Waals surface area contributed by atoms with Gasteiger partial charge in [-0.25, -0.2) is 4.98 Å². The van der Waals surface area contributed by atoms with Crippen LogP contribution in [0.3, 0.4) is 0 Å². The fraction of sp³-hybridized carbons (Fsp3) is 0.560. The second-order valence-electron chi connectivity index (χ2n) is 9.87. The average Bonchev–Trinajstić information content (AvgIpc) is 3.38. The van der Waals surface area contributed by atoms with Gasteiger partial charge in [-0.3, -0.25) is 9.59 Å². The molecule has 0 bridgehead atoms. The van der Waals surface area contributed by atoms with Gasteiger partial charge in [-0.2, -0.15) is 0 Å². The van der Waals surface area contributed by atoms with Crippen LogP contribution in [0.1, 0.15) is 58.7 Å². The minimum Gasteiger partial charge on any atom is -0.344 e. The molecular weight excluding hydrogens is 420 g/mol. The first-order valence-electron chi connectivity index (χ1n) is 11.4. The molecule has 1 aromatic carbocycles. The minimum atomic E-state index is -0.518. The molecule has 6 nitrogen and oxygen atoms in total. The van der Waals surface area contributed by atoms with Gasteiger partial charge in [0.2, 0.25) is 11.8 Å². The van der Waals surface area contributed by atoms with Crippen molar-refractivity contribution < 1.29 is 9.59 Å². The normalized spacial score (nSPS) is 18.4. The molecule has 0 aliphatic carbocycles. The molecule has 1 aliphatic heterocycles. The molecule has 2 heterocycles. The van der Waals surface area contributed by atoms with Crippen LogP contribution in [-0.2, 0) is 16.1 Å². The van der Waals surface area contributed by atoms with Gasteiger partial charge in [0.05, 0.1) is 16.1 Å². The molecule has 3 atom stereocenters. The Morgan fingerprint density at radius 3 is 2.50 bits per heavy atom. The van der Waals surface area contributed by atoms with Gasteiger partial charge in [0, 0.05) is 32.1 Å². The summed E-state index contributed by atoms with van der Waals surface area (Å²) in [6, 6.07) is 8.36. The third-order valence-electron chi connectivity index (χ3n) is 6.21. The number of carbonyl (C=O) groups excluding carboxylic acids is 2. The first-order chi connectivity index (χ1) is 15.1. The van der Waals surface area contributed by atoms with Crippen molar-refractivity contribution in [3.8, 4) is 10.4 Å². The first-order valence-corrected chi connectivity index (χ1v) is 12.3. The Morgan fingerprint density at radius 2 is 1.94 bits per heavy atom. The van der Waals surface area contributed by atoms with Crippen molar-refractivity contribution in [2.75, 3.05) is 6.54 Å². The number of likely N-dealkylation sites (tertiary alicyclic amines) is 1. The minimum absolute atomic E-state index is 0.0214. The van der Waals surface area contributed by atoms with Gasteiger partial charge in [-0.15, -0.1) is 11.3 Å². The van der Waals surface area contributed by atoms with Crippen LogP contribution < -0.4 is 10.6 Å². The summed E-state index contributed by atoms with van der Waals surface area (Å²) in [5, 5.41) is 6.50. The third kappa shape index (κ3) is 5.75. The highest BCUT2D eigenvalue weighted by atomic mass is 32.1. The van der Waals surface area contributed by atoms with Crippen LogP contribution in [0.25, 0.3) is 10.4 Å². The number of carbonyl (C=O) groups is 2. The van der Waals surface area contributed by atoms with Crippen molar-refractivity contribution in [2.45, 2.75) is 79.1 Å². The van der Waals surface area contributed by atoms with Crippen molar-refractivity contribution >= 4 is 23.2 Å². The molecule has 0 radical (unpaired) electrons. The van der Waals surface area contributed by atoms with E-state index in [0.29, 0.717) is 0 Å². The monoisotopic (exact) mass is 456 g/mol. The van der Waals surface area contributed by atoms with Crippen molar-refractivity contribution in [2.24, 2.45) is 5.41 Å². The third-order valence-corrected chi connectivity index (χ3v) is 7.19. The van der Waals surface area contributed by atoms with Crippen molar-refractivity contribution in [3.63, 3.8) is 0 Å². The van der Waals surface area contributed by atoms with Crippen LogP contribution in [0.5, 0.6) is 0 Å². The summed E-state index contributed by atoms with van der Waals surface area (Å²) >= 11 is 1.66. The molecule has 32 heavy (non-hydrogen) atoms. The van der Waals surface area contributed by atoms with Gasteiger partial charge < -0.3 is 15.5 Å². The summed E-state index contributed by atoms with van der Waals surface area (Å²) < 4.78 is 0. The largest absolute Gasteiger partial charge is 0.344 e. The molecule has 3 rings (SSSR count). The lowest BCUT2D eigenvalue weighted by Crippen LogP contribution is -2.57. The summed E-state index contributed by atoms with van der Waals surface area (Å²) in [5.74, 6) is -0.148. The fourth-order valence-electron chi connectivity index (χ4n) is 4.37. The van der Waals surface area contributed by atoms with E-state index >= 15 is 0 Å². The van der Waals surface area contributed by atoms with E-state index in [2.05, 4.69) is 46.8 Å². The lowest BCUT2D eigenvalue weighted by Gasteiger charge is -2.37. The lowest BCUT2D eigenvalue weighted by atomic mass is 9.85. The Hall–Kier alpha value is -2.25. The standard InChI is InChI=1S/C25H36N4O2S/c1-16(26-14-19-9-11-20(12-10-19)22-17(2)27-15-32-22)21-8-7-13-29(21)24(31)23(25(4,5)6)28-18(3)30/h9-12,15-16,21,23,26H,7-8,13-14H2,1-6H3,(H,28,30)/t16?,21-,23+/m0/s1. The smallest absolute Gasteiger partial charge is 0.245 e. The molecule has 7 heteroatoms. The van der Waals surface area contributed by atoms with Gasteiger partial charge >= 0.3 is 0 Å². The van der Waals surface area contributed by atoms with E-state index < -0.39 is 6.04 Å². The number of thiazole rings is 1. The van der Waals surface area contributed by atoms with E-state index in [9.17, 15) is 9.59 Å². The Labute approximate surface area is 195 Å². The maximum absolute atomic E-state index is 13.4. The summed E-state index contributed by atoms with van der Waals surface area (Å²) in [7, 11) is 0. The molecule has 1 fully saturated rings. The van der Waals surface area contributed by atoms with Crippen LogP contribution in [0.2, 0.25) is 0 Å². The quantitative estimate of drug-likeness (QED) is 0.657. The number of amides is 2. The fourth-order valence-corrected chi connectivity index (χ4v) is 5.18. The second-order valence-corrected chi connectivity index (χ2v) is 10.7. The predicted molar refractivity (Wildman–Crippen MR) is 130 cm³/mol. The summed E-state index contributed by atoms with van der Waals surface area (Å²) in [6.45, 7) is 13.1. The average molecular weight is 457 g/mol. The number of rotatable bonds is 7. The number of benzene rings is 1. The molecule has 2 N–H and O–H groups in total. The van der Waals surface area contributed by atoms with Gasteiger partial charge in [-0.05, 0) is 43.2 Å². The van der Waals surface area contributed by atoms with E-state index in [1.54, 1.807) is 11.3 Å². The zero-order chi connectivity index (χ0) is 23.5. The number of hydrogen-bond donors (Lipinski definition) is 2. The highest BCUT2D eigenvalue weighted by molar-refractivity contribution is 7.13. The number of aryl methyl sites for hydroxylation is 1. The van der Waals surface area contributed by atoms with Gasteiger partial charge in [0.1, 0.15) is 6.04 Å². The van der Waals surface area contributed by atoms with Gasteiger partial charge in [0.25, 0.3) is 0 Å². The molecule has 174 valence electrons. The topological polar surface area (TPSA) is 74.3 Å². The Bertz CT molecular complexity index is 932. The zero-order valence-electron chi connectivity index (χ0n) is 20.1. The summed E-state index contributed by atoms with van der Waals surface area (Å²) in [6.07, 6.45) is 1.96. The molecule has 2 aromatic rings. The molecule has 0 saturated carbocycles. The van der Waals surface area contributed by atoms with E-state index in [-0.39, 0.29) is 29.3 Å². The molecule has 1 unspecified atom stereocenters. The van der Waals surface area contributed by atoms with E-state index in [0.717, 1.165) is 31.6 Å². The van der Waals surface area contributed by atoms with Crippen LogP contribution >= 0.6 is 11.3 Å². The summed E-state index contributed by atoms with van der Waals surface area (Å²) in [4.78, 5) is 32.6. The number of nitrogens with zero attached hydrogens (tertiary/aromatic N) is 2. The molecule has 1 aromatic heterocycles. The lowest BCUT2D eigenvalue weighted by molar-refractivity contribution is -0.140. The molecule has 2 amide bonds. The number of aromatic nitrogens is 1. The van der Waals surface area contributed by atoms with Crippen LogP contribution in [0.15, 0.2) is 29.8 Å². The van der Waals surface area contributed by atoms with Crippen LogP contribution in [0.4, 0.5) is 0 Å². The Morgan fingerprint density at radius 1 is 1.25 bits per heavy atom. The van der Waals surface area contributed by atoms with Crippen LogP contribution in [-0.4, -0.2) is 46.4 Å². The van der Waals surface area contributed by atoms with E-state index in [1.165, 1.54) is 22.9 Å². The zero-order valence-corrected chi connectivity index (χ0v) is 20.9. The summed E-state index contributed by atoms with van der Waals surface area (Å²) in [5.41, 5.74) is 5.01. The molecule has 1 saturated heterocycles. The highest BCUT2D eigenvalue weighted by Crippen LogP contribution is 2.28. The Kier molecular flexibility index (Phi) is 7.72. The predicted octanol–water partition coefficient (Wildman–Crippen LogP) is 4.14. The molecule has 1 aliphatic rings. The highest BCUT2D eigenvalue weighted by Gasteiger charge is 2.40. The number of hydrogen-bond acceptors (Lipinski definition) is 5. The maximum atomic E-state index is 13.4. The number of nitrogens with one attached hydrogen (secondary N) is 2. The van der Waals surface area contributed by atoms with E-state index in [1.807, 2.05) is 38.1 Å². The molecule has 0 spiro atoms. The van der Waals surface area contributed by atoms with Crippen molar-refractivity contribution in [1.82, 2.24) is 20.5 Å². The maximum Gasteiger partial charge on any atom is 0.245 e. The van der Waals surface area contributed by atoms with Crippen molar-refractivity contribution in [3.05, 3.63) is 41.0 Å². The first kappa shape index (κ1) is 24.4. The molecular formula is C25H36N4O2S. The second kappa shape index (κ2) is 10.1. The van der Waals surface area contributed by atoms with Gasteiger partial charge in [0.15, 0.2) is 0 Å². The Balaban J connectivity index is 1.62.